The Hall–Kier alpha value is -0.980. The maximum atomic E-state index is 12.4. The molecule has 3 nitrogen and oxygen atoms in total. The monoisotopic (exact) mass is 268 g/mol. The van der Waals surface area contributed by atoms with E-state index in [9.17, 15) is 13.2 Å². The molecular weight excluding hydrogens is 257 g/mol. The summed E-state index contributed by atoms with van der Waals surface area (Å²) in [5.74, 6) is 0. The number of benzene rings is 1. The van der Waals surface area contributed by atoms with Crippen molar-refractivity contribution in [3.63, 3.8) is 0 Å². The first-order valence-electron chi connectivity index (χ1n) is 4.81. The topological polar surface area (TPSA) is 58.3 Å². The number of hydrogen-bond donors (Lipinski definition) is 3. The molecule has 4 N–H and O–H groups in total. The van der Waals surface area contributed by atoms with Crippen molar-refractivity contribution in [1.82, 2.24) is 0 Å². The maximum absolute atomic E-state index is 12.4. The molecular formula is C10H12ClF3N2O. The molecule has 1 aromatic carbocycles. The second-order valence-electron chi connectivity index (χ2n) is 3.52. The summed E-state index contributed by atoms with van der Waals surface area (Å²) >= 11 is 5.74. The standard InChI is InChI=1S/C10H12ClF3N2O/c11-8-2-1-6(10(12,13)14)3-9(8)16-4-7(15)5-17/h1-3,7,16-17H,4-5,15H2. The molecule has 96 valence electrons. The van der Waals surface area contributed by atoms with Crippen LogP contribution in [0.25, 0.3) is 0 Å². The van der Waals surface area contributed by atoms with Crippen LogP contribution in [0.5, 0.6) is 0 Å². The highest BCUT2D eigenvalue weighted by atomic mass is 35.5. The minimum Gasteiger partial charge on any atom is -0.395 e. The van der Waals surface area contributed by atoms with E-state index in [1.54, 1.807) is 0 Å². The lowest BCUT2D eigenvalue weighted by atomic mass is 10.2. The van der Waals surface area contributed by atoms with Gasteiger partial charge in [-0.05, 0) is 18.2 Å². The number of hydrogen-bond acceptors (Lipinski definition) is 3. The van der Waals surface area contributed by atoms with Crippen LogP contribution >= 0.6 is 11.6 Å². The first kappa shape index (κ1) is 14.1. The summed E-state index contributed by atoms with van der Waals surface area (Å²) in [6.07, 6.45) is -4.42. The SMILES string of the molecule is NC(CO)CNc1cc(C(F)(F)F)ccc1Cl. The summed E-state index contributed by atoms with van der Waals surface area (Å²) < 4.78 is 37.3. The number of aliphatic hydroxyl groups excluding tert-OH is 1. The Bertz CT molecular complexity index is 384. The molecule has 0 aliphatic carbocycles. The molecule has 0 aromatic heterocycles. The number of aliphatic hydroxyl groups is 1. The van der Waals surface area contributed by atoms with E-state index in [0.717, 1.165) is 18.2 Å². The zero-order valence-corrected chi connectivity index (χ0v) is 9.52. The molecule has 0 bridgehead atoms. The predicted octanol–water partition coefficient (Wildman–Crippen LogP) is 2.09. The third-order valence-electron chi connectivity index (χ3n) is 2.08. The van der Waals surface area contributed by atoms with Crippen LogP contribution in [0, 0.1) is 0 Å². The highest BCUT2D eigenvalue weighted by Gasteiger charge is 2.30. The van der Waals surface area contributed by atoms with E-state index in [1.165, 1.54) is 0 Å². The fraction of sp³-hybridized carbons (Fsp3) is 0.400. The number of halogens is 4. The number of nitrogens with two attached hydrogens (primary N) is 1. The largest absolute Gasteiger partial charge is 0.416 e. The second kappa shape index (κ2) is 5.57. The number of alkyl halides is 3. The van der Waals surface area contributed by atoms with Crippen molar-refractivity contribution in [2.24, 2.45) is 5.73 Å². The molecule has 0 radical (unpaired) electrons. The van der Waals surface area contributed by atoms with Crippen molar-refractivity contribution >= 4 is 17.3 Å². The Morgan fingerprint density at radius 2 is 2.06 bits per heavy atom. The van der Waals surface area contributed by atoms with Crippen LogP contribution in [-0.4, -0.2) is 24.3 Å². The van der Waals surface area contributed by atoms with Crippen LogP contribution in [0.4, 0.5) is 18.9 Å². The summed E-state index contributed by atoms with van der Waals surface area (Å²) in [5.41, 5.74) is 4.77. The quantitative estimate of drug-likeness (QED) is 0.784. The van der Waals surface area contributed by atoms with Crippen molar-refractivity contribution in [2.45, 2.75) is 12.2 Å². The highest BCUT2D eigenvalue weighted by Crippen LogP contribution is 2.33. The molecule has 0 aliphatic rings. The lowest BCUT2D eigenvalue weighted by Gasteiger charge is -2.14. The third kappa shape index (κ3) is 4.07. The van der Waals surface area contributed by atoms with E-state index >= 15 is 0 Å². The molecule has 1 aromatic rings. The van der Waals surface area contributed by atoms with E-state index in [2.05, 4.69) is 5.32 Å². The van der Waals surface area contributed by atoms with Gasteiger partial charge in [0.25, 0.3) is 0 Å². The van der Waals surface area contributed by atoms with Gasteiger partial charge in [-0.1, -0.05) is 11.6 Å². The van der Waals surface area contributed by atoms with Gasteiger partial charge in [0.2, 0.25) is 0 Å². The summed E-state index contributed by atoms with van der Waals surface area (Å²) in [5, 5.41) is 11.5. The average Bonchev–Trinajstić information content (AvgIpc) is 2.26. The minimum absolute atomic E-state index is 0.136. The van der Waals surface area contributed by atoms with Crippen LogP contribution in [0.1, 0.15) is 5.56 Å². The Morgan fingerprint density at radius 3 is 2.59 bits per heavy atom. The van der Waals surface area contributed by atoms with Gasteiger partial charge in [-0.15, -0.1) is 0 Å². The fourth-order valence-corrected chi connectivity index (χ4v) is 1.33. The highest BCUT2D eigenvalue weighted by molar-refractivity contribution is 6.33. The molecule has 0 aliphatic heterocycles. The summed E-state index contributed by atoms with van der Waals surface area (Å²) in [6.45, 7) is -0.124. The molecule has 1 rings (SSSR count). The molecule has 7 heteroatoms. The Kier molecular flexibility index (Phi) is 4.62. The molecule has 17 heavy (non-hydrogen) atoms. The van der Waals surface area contributed by atoms with Gasteiger partial charge in [-0.3, -0.25) is 0 Å². The third-order valence-corrected chi connectivity index (χ3v) is 2.41. The van der Waals surface area contributed by atoms with Crippen molar-refractivity contribution in [2.75, 3.05) is 18.5 Å². The summed E-state index contributed by atoms with van der Waals surface area (Å²) in [7, 11) is 0. The van der Waals surface area contributed by atoms with Crippen molar-refractivity contribution in [3.8, 4) is 0 Å². The average molecular weight is 269 g/mol. The molecule has 0 amide bonds. The van der Waals surface area contributed by atoms with Crippen molar-refractivity contribution in [3.05, 3.63) is 28.8 Å². The molecule has 0 heterocycles. The Labute approximate surface area is 101 Å². The minimum atomic E-state index is -4.42. The normalized spacial score (nSPS) is 13.5. The Balaban J connectivity index is 2.84. The number of nitrogens with one attached hydrogen (secondary N) is 1. The number of anilines is 1. The van der Waals surface area contributed by atoms with Crippen molar-refractivity contribution in [1.29, 1.82) is 0 Å². The van der Waals surface area contributed by atoms with E-state index in [0.29, 0.717) is 0 Å². The van der Waals surface area contributed by atoms with Crippen LogP contribution < -0.4 is 11.1 Å². The van der Waals surface area contributed by atoms with Gasteiger partial charge >= 0.3 is 6.18 Å². The molecule has 0 saturated carbocycles. The molecule has 1 atom stereocenters. The van der Waals surface area contributed by atoms with Gasteiger partial charge in [0.15, 0.2) is 0 Å². The maximum Gasteiger partial charge on any atom is 0.416 e. The molecule has 0 saturated heterocycles. The van der Waals surface area contributed by atoms with Gasteiger partial charge in [0.1, 0.15) is 0 Å². The molecule has 1 unspecified atom stereocenters. The van der Waals surface area contributed by atoms with Gasteiger partial charge < -0.3 is 16.2 Å². The summed E-state index contributed by atoms with van der Waals surface area (Å²) in [4.78, 5) is 0. The van der Waals surface area contributed by atoms with Crippen LogP contribution in [0.15, 0.2) is 18.2 Å². The van der Waals surface area contributed by atoms with Gasteiger partial charge in [-0.25, -0.2) is 0 Å². The fourth-order valence-electron chi connectivity index (χ4n) is 1.14. The first-order chi connectivity index (χ1) is 7.84. The summed E-state index contributed by atoms with van der Waals surface area (Å²) in [6, 6.07) is 2.42. The van der Waals surface area contributed by atoms with E-state index in [4.69, 9.17) is 22.4 Å². The second-order valence-corrected chi connectivity index (χ2v) is 3.92. The van der Waals surface area contributed by atoms with E-state index in [1.807, 2.05) is 0 Å². The van der Waals surface area contributed by atoms with Crippen LogP contribution in [-0.2, 0) is 6.18 Å². The van der Waals surface area contributed by atoms with Crippen molar-refractivity contribution < 1.29 is 18.3 Å². The molecule has 0 fully saturated rings. The van der Waals surface area contributed by atoms with E-state index < -0.39 is 17.8 Å². The van der Waals surface area contributed by atoms with Crippen LogP contribution in [0.3, 0.4) is 0 Å². The smallest absolute Gasteiger partial charge is 0.395 e. The first-order valence-corrected chi connectivity index (χ1v) is 5.19. The van der Waals surface area contributed by atoms with Gasteiger partial charge in [-0.2, -0.15) is 13.2 Å². The Morgan fingerprint density at radius 1 is 1.41 bits per heavy atom. The lowest BCUT2D eigenvalue weighted by molar-refractivity contribution is -0.137. The zero-order valence-electron chi connectivity index (χ0n) is 8.76. The number of rotatable bonds is 4. The predicted molar refractivity (Wildman–Crippen MR) is 60.0 cm³/mol. The van der Waals surface area contributed by atoms with Gasteiger partial charge in [0.05, 0.1) is 22.9 Å². The lowest BCUT2D eigenvalue weighted by Crippen LogP contribution is -2.32. The zero-order chi connectivity index (χ0) is 13.1. The van der Waals surface area contributed by atoms with E-state index in [-0.39, 0.29) is 23.9 Å². The molecule has 0 spiro atoms. The van der Waals surface area contributed by atoms with Crippen LogP contribution in [0.2, 0.25) is 5.02 Å². The van der Waals surface area contributed by atoms with Gasteiger partial charge in [0, 0.05) is 12.6 Å².